The van der Waals surface area contributed by atoms with Crippen LogP contribution in [0.4, 0.5) is 5.69 Å². The van der Waals surface area contributed by atoms with Gasteiger partial charge in [-0.3, -0.25) is 0 Å². The minimum Gasteiger partial charge on any atom is -0.491 e. The summed E-state index contributed by atoms with van der Waals surface area (Å²) in [6, 6.07) is 24.4. The van der Waals surface area contributed by atoms with E-state index in [9.17, 15) is 21.6 Å². The fourth-order valence-corrected chi connectivity index (χ4v) is 8.49. The Balaban J connectivity index is 0.00000461. The van der Waals surface area contributed by atoms with Crippen LogP contribution < -0.4 is 19.8 Å². The summed E-state index contributed by atoms with van der Waals surface area (Å²) in [6.07, 6.45) is 0.416. The predicted molar refractivity (Wildman–Crippen MR) is 178 cm³/mol. The molecule has 9 nitrogen and oxygen atoms in total. The molecule has 45 heavy (non-hydrogen) atoms. The van der Waals surface area contributed by atoms with Crippen LogP contribution >= 0.6 is 12.4 Å². The maximum absolute atomic E-state index is 14.2. The van der Waals surface area contributed by atoms with E-state index in [4.69, 9.17) is 14.9 Å². The zero-order valence-corrected chi connectivity index (χ0v) is 27.3. The highest BCUT2D eigenvalue weighted by molar-refractivity contribution is 8.10. The molecular weight excluding hydrogens is 636 g/mol. The van der Waals surface area contributed by atoms with Crippen molar-refractivity contribution in [1.29, 1.82) is 0 Å². The van der Waals surface area contributed by atoms with Gasteiger partial charge in [0.15, 0.2) is 0 Å². The van der Waals surface area contributed by atoms with E-state index in [0.717, 1.165) is 11.1 Å². The average molecular weight is 669 g/mol. The van der Waals surface area contributed by atoms with Crippen molar-refractivity contribution in [3.63, 3.8) is 0 Å². The molecule has 0 amide bonds. The molecule has 0 aliphatic heterocycles. The fraction of sp³-hybridized carbons (Fsp3) is 0.182. The number of hydrogen-bond donors (Lipinski definition) is 1. The van der Waals surface area contributed by atoms with Crippen molar-refractivity contribution in [2.45, 2.75) is 43.1 Å². The normalized spacial score (nSPS) is 12.4. The third-order valence-corrected chi connectivity index (χ3v) is 11.4. The largest absolute Gasteiger partial charge is 0.491 e. The van der Waals surface area contributed by atoms with Gasteiger partial charge in [-0.15, -0.1) is 12.4 Å². The molecule has 4 aromatic carbocycles. The summed E-state index contributed by atoms with van der Waals surface area (Å²) in [7, 11) is -9.34. The van der Waals surface area contributed by atoms with E-state index in [1.807, 2.05) is 26.0 Å². The van der Waals surface area contributed by atoms with Gasteiger partial charge in [0.05, 0.1) is 27.1 Å². The second-order valence-electron chi connectivity index (χ2n) is 10.5. The lowest BCUT2D eigenvalue weighted by Gasteiger charge is -2.24. The molecule has 5 rings (SSSR count). The maximum Gasteiger partial charge on any atom is 0.344 e. The molecule has 236 valence electrons. The van der Waals surface area contributed by atoms with Gasteiger partial charge in [0.1, 0.15) is 11.3 Å². The zero-order valence-electron chi connectivity index (χ0n) is 24.8. The number of halogens is 1. The number of aryl methyl sites for hydroxylation is 2. The van der Waals surface area contributed by atoms with E-state index < -0.39 is 25.7 Å². The molecule has 0 fully saturated rings. The number of rotatable bonds is 10. The fourth-order valence-electron chi connectivity index (χ4n) is 4.81. The summed E-state index contributed by atoms with van der Waals surface area (Å²) in [5.41, 5.74) is 7.61. The number of sulfonamides is 2. The highest BCUT2D eigenvalue weighted by Crippen LogP contribution is 2.34. The van der Waals surface area contributed by atoms with E-state index in [1.165, 1.54) is 54.6 Å². The number of nitrogens with two attached hydrogens (primary N) is 1. The monoisotopic (exact) mass is 668 g/mol. The van der Waals surface area contributed by atoms with E-state index in [0.29, 0.717) is 33.4 Å². The molecular formula is C33H33ClN2O7S2. The van der Waals surface area contributed by atoms with Crippen molar-refractivity contribution in [2.24, 2.45) is 5.73 Å². The summed E-state index contributed by atoms with van der Waals surface area (Å²) in [6.45, 7) is 5.93. The highest BCUT2D eigenvalue weighted by Gasteiger charge is 2.37. The van der Waals surface area contributed by atoms with Crippen molar-refractivity contribution in [3.05, 3.63) is 119 Å². The summed E-state index contributed by atoms with van der Waals surface area (Å²) in [5, 5.41) is 0.345. The number of anilines is 1. The smallest absolute Gasteiger partial charge is 0.344 e. The van der Waals surface area contributed by atoms with E-state index >= 15 is 0 Å². The molecule has 0 aliphatic carbocycles. The molecule has 1 unspecified atom stereocenters. The minimum absolute atomic E-state index is 0. The number of hydrogen-bond acceptors (Lipinski definition) is 8. The van der Waals surface area contributed by atoms with Crippen LogP contribution in [0.15, 0.2) is 116 Å². The first-order valence-electron chi connectivity index (χ1n) is 13.9. The van der Waals surface area contributed by atoms with Gasteiger partial charge >= 0.3 is 5.63 Å². The van der Waals surface area contributed by atoms with Crippen LogP contribution in [0.1, 0.15) is 24.5 Å². The van der Waals surface area contributed by atoms with Crippen LogP contribution in [0.5, 0.6) is 5.75 Å². The molecule has 1 atom stereocenters. The molecule has 0 saturated carbocycles. The minimum atomic E-state index is -4.69. The van der Waals surface area contributed by atoms with Crippen LogP contribution in [-0.4, -0.2) is 29.5 Å². The predicted octanol–water partition coefficient (Wildman–Crippen LogP) is 6.20. The van der Waals surface area contributed by atoms with E-state index in [2.05, 4.69) is 0 Å². The van der Waals surface area contributed by atoms with Gasteiger partial charge in [-0.05, 0) is 106 Å². The molecule has 0 saturated heterocycles. The van der Waals surface area contributed by atoms with Crippen molar-refractivity contribution < 1.29 is 26.0 Å². The second-order valence-corrected chi connectivity index (χ2v) is 14.3. The number of fused-ring (bicyclic) bond motifs is 1. The number of benzene rings is 4. The Morgan fingerprint density at radius 1 is 0.800 bits per heavy atom. The number of nitrogens with zero attached hydrogens (tertiary/aromatic N) is 1. The lowest BCUT2D eigenvalue weighted by Crippen LogP contribution is -2.37. The van der Waals surface area contributed by atoms with Gasteiger partial charge in [-0.25, -0.2) is 21.6 Å². The molecule has 1 aromatic heterocycles. The Labute approximate surface area is 268 Å². The topological polar surface area (TPSA) is 137 Å². The quantitative estimate of drug-likeness (QED) is 0.174. The molecule has 0 radical (unpaired) electrons. The Morgan fingerprint density at radius 2 is 1.40 bits per heavy atom. The van der Waals surface area contributed by atoms with Crippen LogP contribution in [0.3, 0.4) is 0 Å². The van der Waals surface area contributed by atoms with Crippen molar-refractivity contribution in [3.8, 4) is 16.9 Å². The lowest BCUT2D eigenvalue weighted by molar-refractivity contribution is 0.214. The third kappa shape index (κ3) is 6.91. The number of ether oxygens (including phenoxy) is 1. The van der Waals surface area contributed by atoms with Gasteiger partial charge in [0, 0.05) is 5.39 Å². The molecule has 1 heterocycles. The van der Waals surface area contributed by atoms with Crippen LogP contribution in [-0.2, 0) is 20.0 Å². The van der Waals surface area contributed by atoms with Gasteiger partial charge in [-0.2, -0.15) is 3.71 Å². The van der Waals surface area contributed by atoms with Crippen LogP contribution in [0.25, 0.3) is 22.1 Å². The molecule has 0 bridgehead atoms. The Hall–Kier alpha value is -4.16. The van der Waals surface area contributed by atoms with Crippen molar-refractivity contribution in [2.75, 3.05) is 10.3 Å². The Kier molecular flexibility index (Phi) is 10.1. The standard InChI is InChI=1S/C33H32N2O7S2.ClH/c1-22-8-13-28(14-9-22)43(37,38)35(44(39,40)29-15-11-27(12-16-29)41-24(3)18-19-34)26-10-17-32-25(20-26)21-31(33(36)42-32)30-7-5-4-6-23(30)2;/h4-17,20-21,24H,18-19,34H2,1-3H3;1H. The van der Waals surface area contributed by atoms with Gasteiger partial charge in [0.25, 0.3) is 20.0 Å². The Morgan fingerprint density at radius 3 is 2.00 bits per heavy atom. The second kappa shape index (κ2) is 13.5. The first kappa shape index (κ1) is 33.7. The lowest BCUT2D eigenvalue weighted by atomic mass is 10.0. The third-order valence-electron chi connectivity index (χ3n) is 7.15. The van der Waals surface area contributed by atoms with Crippen LogP contribution in [0.2, 0.25) is 0 Å². The summed E-state index contributed by atoms with van der Waals surface area (Å²) < 4.78 is 68.4. The Bertz CT molecular complexity index is 2100. The van der Waals surface area contributed by atoms with Crippen molar-refractivity contribution in [1.82, 2.24) is 0 Å². The van der Waals surface area contributed by atoms with E-state index in [1.54, 1.807) is 37.3 Å². The van der Waals surface area contributed by atoms with E-state index in [-0.39, 0.29) is 45.1 Å². The molecule has 5 aromatic rings. The molecule has 0 spiro atoms. The molecule has 12 heteroatoms. The van der Waals surface area contributed by atoms with Crippen LogP contribution in [0, 0.1) is 13.8 Å². The molecule has 0 aliphatic rings. The summed E-state index contributed by atoms with van der Waals surface area (Å²) in [4.78, 5) is 12.4. The molecule has 2 N–H and O–H groups in total. The first-order valence-corrected chi connectivity index (χ1v) is 16.8. The van der Waals surface area contributed by atoms with Gasteiger partial charge in [0.2, 0.25) is 0 Å². The zero-order chi connectivity index (χ0) is 31.6. The highest BCUT2D eigenvalue weighted by atomic mass is 35.5. The SMILES string of the molecule is Cc1ccc(S(=O)(=O)N(c2ccc3oc(=O)c(-c4ccccc4C)cc3c2)S(=O)(=O)c2ccc(OC(C)CCN)cc2)cc1.Cl. The summed E-state index contributed by atoms with van der Waals surface area (Å²) >= 11 is 0. The van der Waals surface area contributed by atoms with Gasteiger partial charge in [-0.1, -0.05) is 42.0 Å². The van der Waals surface area contributed by atoms with Gasteiger partial charge < -0.3 is 14.9 Å². The van der Waals surface area contributed by atoms with Crippen molar-refractivity contribution >= 4 is 49.1 Å². The maximum atomic E-state index is 14.2. The average Bonchev–Trinajstić information content (AvgIpc) is 2.98. The summed E-state index contributed by atoms with van der Waals surface area (Å²) in [5.74, 6) is 0.419. The first-order chi connectivity index (χ1) is 20.9.